The molecule has 7 nitrogen and oxygen atoms in total. The predicted molar refractivity (Wildman–Crippen MR) is 37.1 cm³/mol. The lowest BCUT2D eigenvalue weighted by atomic mass is 10.5. The van der Waals surface area contributed by atoms with Gasteiger partial charge in [-0.2, -0.15) is 0 Å². The second-order valence-electron chi connectivity index (χ2n) is 1.89. The number of phosphoric acid groups is 2. The molecule has 1 unspecified atom stereocenters. The smallest absolute Gasteiger partial charge is 0.271 e. The van der Waals surface area contributed by atoms with E-state index in [-0.39, 0.29) is 13.0 Å². The van der Waals surface area contributed by atoms with Crippen molar-refractivity contribution in [1.29, 1.82) is 0 Å². The first kappa shape index (κ1) is 13.0. The molecule has 0 aliphatic rings. The SMILES string of the molecule is C=CCCOP(=O)([O-])OP(=O)([O-])[O-]. The van der Waals surface area contributed by atoms with Gasteiger partial charge in [-0.05, 0) is 6.42 Å². The van der Waals surface area contributed by atoms with Crippen LogP contribution in [-0.4, -0.2) is 6.61 Å². The molecule has 0 heterocycles. The Labute approximate surface area is 74.9 Å². The van der Waals surface area contributed by atoms with E-state index in [0.29, 0.717) is 0 Å². The monoisotopic (exact) mass is 229 g/mol. The van der Waals surface area contributed by atoms with Crippen LogP contribution in [0.1, 0.15) is 6.42 Å². The molecule has 0 aliphatic heterocycles. The molecule has 0 aliphatic carbocycles. The van der Waals surface area contributed by atoms with Crippen molar-refractivity contribution in [2.75, 3.05) is 6.61 Å². The first-order chi connectivity index (χ1) is 5.77. The second kappa shape index (κ2) is 5.02. The molecular formula is C4H7O7P2-3. The molecule has 78 valence electrons. The summed E-state index contributed by atoms with van der Waals surface area (Å²) in [7, 11) is -10.6. The van der Waals surface area contributed by atoms with Crippen LogP contribution in [0.15, 0.2) is 12.7 Å². The van der Waals surface area contributed by atoms with Gasteiger partial charge in [-0.3, -0.25) is 8.88 Å². The highest BCUT2D eigenvalue weighted by Crippen LogP contribution is 2.50. The first-order valence-electron chi connectivity index (χ1n) is 3.07. The molecule has 0 amide bonds. The molecule has 0 bridgehead atoms. The molecule has 9 heteroatoms. The third-order valence-corrected chi connectivity index (χ3v) is 2.87. The van der Waals surface area contributed by atoms with E-state index in [4.69, 9.17) is 0 Å². The van der Waals surface area contributed by atoms with E-state index in [1.165, 1.54) is 6.08 Å². The van der Waals surface area contributed by atoms with Gasteiger partial charge in [0.25, 0.3) is 7.82 Å². The second-order valence-corrected chi connectivity index (χ2v) is 4.59. The van der Waals surface area contributed by atoms with Crippen molar-refractivity contribution in [3.05, 3.63) is 12.7 Å². The van der Waals surface area contributed by atoms with Crippen molar-refractivity contribution < 1.29 is 32.6 Å². The molecule has 0 saturated carbocycles. The lowest BCUT2D eigenvalue weighted by molar-refractivity contribution is -0.339. The van der Waals surface area contributed by atoms with Gasteiger partial charge in [0.15, 0.2) is 0 Å². The molecule has 0 fully saturated rings. The molecule has 13 heavy (non-hydrogen) atoms. The molecule has 0 aromatic carbocycles. The van der Waals surface area contributed by atoms with Crippen LogP contribution < -0.4 is 14.7 Å². The van der Waals surface area contributed by atoms with Gasteiger partial charge in [0, 0.05) is 0 Å². The van der Waals surface area contributed by atoms with Gasteiger partial charge in [-0.25, -0.2) is 0 Å². The van der Waals surface area contributed by atoms with Crippen LogP contribution in [0, 0.1) is 0 Å². The summed E-state index contributed by atoms with van der Waals surface area (Å²) in [5.74, 6) is 0. The third kappa shape index (κ3) is 8.33. The van der Waals surface area contributed by atoms with Crippen molar-refractivity contribution in [1.82, 2.24) is 0 Å². The highest BCUT2D eigenvalue weighted by atomic mass is 31.3. The van der Waals surface area contributed by atoms with Crippen LogP contribution in [0.2, 0.25) is 0 Å². The molecule has 0 N–H and O–H groups in total. The molecule has 0 aromatic rings. The van der Waals surface area contributed by atoms with Gasteiger partial charge >= 0.3 is 0 Å². The summed E-state index contributed by atoms with van der Waals surface area (Å²) in [6.07, 6.45) is 1.55. The fourth-order valence-electron chi connectivity index (χ4n) is 0.394. The fourth-order valence-corrected chi connectivity index (χ4v) is 1.89. The van der Waals surface area contributed by atoms with Crippen LogP contribution in [0.25, 0.3) is 0 Å². The Kier molecular flexibility index (Phi) is 5.02. The normalized spacial score (nSPS) is 16.5. The summed E-state index contributed by atoms with van der Waals surface area (Å²) < 4.78 is 27.5. The number of hydrogen-bond acceptors (Lipinski definition) is 7. The summed E-state index contributed by atoms with van der Waals surface area (Å²) >= 11 is 0. The van der Waals surface area contributed by atoms with Gasteiger partial charge < -0.3 is 23.8 Å². The van der Waals surface area contributed by atoms with Gasteiger partial charge in [0.2, 0.25) is 0 Å². The molecule has 0 spiro atoms. The molecule has 0 saturated heterocycles. The quantitative estimate of drug-likeness (QED) is 0.321. The highest BCUT2D eigenvalue weighted by Gasteiger charge is 2.10. The Morgan fingerprint density at radius 2 is 1.85 bits per heavy atom. The van der Waals surface area contributed by atoms with Crippen LogP contribution >= 0.6 is 15.6 Å². The van der Waals surface area contributed by atoms with E-state index in [2.05, 4.69) is 15.4 Å². The van der Waals surface area contributed by atoms with Crippen molar-refractivity contribution in [2.45, 2.75) is 6.42 Å². The highest BCUT2D eigenvalue weighted by molar-refractivity contribution is 7.58. The Bertz CT molecular complexity index is 255. The zero-order valence-corrected chi connectivity index (χ0v) is 8.24. The predicted octanol–water partition coefficient (Wildman–Crippen LogP) is -1.11. The van der Waals surface area contributed by atoms with Gasteiger partial charge in [-0.15, -0.1) is 6.58 Å². The van der Waals surface area contributed by atoms with Crippen LogP contribution in [0.4, 0.5) is 0 Å². The van der Waals surface area contributed by atoms with E-state index < -0.39 is 15.6 Å². The minimum atomic E-state index is -5.56. The van der Waals surface area contributed by atoms with Crippen molar-refractivity contribution in [2.24, 2.45) is 0 Å². The molecule has 1 atom stereocenters. The standard InChI is InChI=1S/C4H10O7P2/c1-2-3-4-10-13(8,9)11-12(5,6)7/h2H,1,3-4H2,(H,8,9)(H2,5,6,7)/p-3. The average molecular weight is 229 g/mol. The van der Waals surface area contributed by atoms with Crippen LogP contribution in [0.5, 0.6) is 0 Å². The van der Waals surface area contributed by atoms with Crippen molar-refractivity contribution in [3.63, 3.8) is 0 Å². The van der Waals surface area contributed by atoms with E-state index in [1.54, 1.807) is 0 Å². The Hall–Kier alpha value is -0.0000000000000000416. The third-order valence-electron chi connectivity index (χ3n) is 0.771. The van der Waals surface area contributed by atoms with Crippen molar-refractivity contribution >= 4 is 15.6 Å². The topological polar surface area (TPSA) is 122 Å². The Balaban J connectivity index is 4.02. The zero-order valence-electron chi connectivity index (χ0n) is 6.45. The molecule has 0 rings (SSSR count). The Morgan fingerprint density at radius 3 is 2.23 bits per heavy atom. The van der Waals surface area contributed by atoms with E-state index in [9.17, 15) is 23.8 Å². The maximum absolute atomic E-state index is 10.5. The maximum atomic E-state index is 10.5. The van der Waals surface area contributed by atoms with Gasteiger partial charge in [-0.1, -0.05) is 6.08 Å². The van der Waals surface area contributed by atoms with E-state index in [0.717, 1.165) is 0 Å². The first-order valence-corrected chi connectivity index (χ1v) is 5.99. The summed E-state index contributed by atoms with van der Waals surface area (Å²) in [5.41, 5.74) is 0. The summed E-state index contributed by atoms with van der Waals surface area (Å²) in [6, 6.07) is 0. The summed E-state index contributed by atoms with van der Waals surface area (Å²) in [6.45, 7) is 2.95. The lowest BCUT2D eigenvalue weighted by Gasteiger charge is -2.34. The zero-order chi connectivity index (χ0) is 10.5. The number of phosphoric ester groups is 1. The number of rotatable bonds is 6. The van der Waals surface area contributed by atoms with Crippen LogP contribution in [0.3, 0.4) is 0 Å². The van der Waals surface area contributed by atoms with Crippen molar-refractivity contribution in [3.8, 4) is 0 Å². The lowest BCUT2D eigenvalue weighted by Crippen LogP contribution is -2.19. The summed E-state index contributed by atoms with van der Waals surface area (Å²) in [4.78, 5) is 30.2. The fraction of sp³-hybridized carbons (Fsp3) is 0.500. The van der Waals surface area contributed by atoms with E-state index >= 15 is 0 Å². The van der Waals surface area contributed by atoms with Gasteiger partial charge in [0.05, 0.1) is 14.4 Å². The number of hydrogen-bond donors (Lipinski definition) is 0. The minimum Gasteiger partial charge on any atom is -0.790 e. The average Bonchev–Trinajstić information content (AvgIpc) is 1.81. The summed E-state index contributed by atoms with van der Waals surface area (Å²) in [5, 5.41) is 0. The van der Waals surface area contributed by atoms with E-state index in [1.807, 2.05) is 0 Å². The largest absolute Gasteiger partial charge is 0.790 e. The maximum Gasteiger partial charge on any atom is 0.271 e. The van der Waals surface area contributed by atoms with Crippen LogP contribution in [-0.2, 0) is 18.0 Å². The molecular weight excluding hydrogens is 222 g/mol. The Morgan fingerprint density at radius 1 is 1.31 bits per heavy atom. The van der Waals surface area contributed by atoms with Gasteiger partial charge in [0.1, 0.15) is 0 Å². The minimum absolute atomic E-state index is 0.192. The molecule has 0 radical (unpaired) electrons. The molecule has 0 aromatic heterocycles.